The van der Waals surface area contributed by atoms with Crippen LogP contribution in [0.1, 0.15) is 20.8 Å². The zero-order valence-electron chi connectivity index (χ0n) is 8.87. The van der Waals surface area contributed by atoms with Crippen LogP contribution in [-0.4, -0.2) is 29.3 Å². The number of esters is 1. The lowest BCUT2D eigenvalue weighted by Gasteiger charge is -2.41. The molecule has 0 aromatic rings. The molecule has 2 saturated heterocycles. The molecule has 5 heteroatoms. The maximum absolute atomic E-state index is 11.9. The number of fused-ring (bicyclic) bond motifs is 1. The van der Waals surface area contributed by atoms with Crippen LogP contribution in [-0.2, 0) is 19.1 Å². The van der Waals surface area contributed by atoms with Gasteiger partial charge < -0.3 is 10.1 Å². The van der Waals surface area contributed by atoms with Gasteiger partial charge in [0.25, 0.3) is 0 Å². The summed E-state index contributed by atoms with van der Waals surface area (Å²) in [5, 5.41) is 2.48. The lowest BCUT2D eigenvalue weighted by molar-refractivity contribution is -0.193. The number of amides is 1. The van der Waals surface area contributed by atoms with Gasteiger partial charge >= 0.3 is 5.97 Å². The average Bonchev–Trinajstić information content (AvgIpc) is 2.37. The van der Waals surface area contributed by atoms with Gasteiger partial charge in [-0.1, -0.05) is 13.8 Å². The minimum atomic E-state index is -1.38. The zero-order chi connectivity index (χ0) is 11.4. The highest BCUT2D eigenvalue weighted by atomic mass is 16.6. The van der Waals surface area contributed by atoms with Crippen molar-refractivity contribution in [2.45, 2.75) is 32.4 Å². The van der Waals surface area contributed by atoms with E-state index in [0.717, 1.165) is 0 Å². The molecule has 82 valence electrons. The molecule has 0 aliphatic carbocycles. The topological polar surface area (TPSA) is 72.5 Å². The van der Waals surface area contributed by atoms with E-state index < -0.39 is 23.5 Å². The minimum absolute atomic E-state index is 0.263. The van der Waals surface area contributed by atoms with Gasteiger partial charge in [-0.2, -0.15) is 0 Å². The largest absolute Gasteiger partial charge is 0.456 e. The van der Waals surface area contributed by atoms with E-state index in [1.54, 1.807) is 20.8 Å². The molecule has 15 heavy (non-hydrogen) atoms. The number of ketones is 1. The summed E-state index contributed by atoms with van der Waals surface area (Å²) in [7, 11) is 0. The zero-order valence-corrected chi connectivity index (χ0v) is 8.87. The van der Waals surface area contributed by atoms with Gasteiger partial charge in [0.05, 0.1) is 5.92 Å². The van der Waals surface area contributed by atoms with E-state index in [4.69, 9.17) is 4.74 Å². The van der Waals surface area contributed by atoms with Crippen molar-refractivity contribution in [3.8, 4) is 0 Å². The molecule has 0 radical (unpaired) electrons. The lowest BCUT2D eigenvalue weighted by Crippen LogP contribution is -2.72. The van der Waals surface area contributed by atoms with Crippen molar-refractivity contribution in [3.05, 3.63) is 0 Å². The van der Waals surface area contributed by atoms with E-state index >= 15 is 0 Å². The van der Waals surface area contributed by atoms with Gasteiger partial charge in [0.1, 0.15) is 0 Å². The van der Waals surface area contributed by atoms with Gasteiger partial charge in [0.15, 0.2) is 11.9 Å². The third kappa shape index (κ3) is 1.00. The molecule has 1 amide bonds. The van der Waals surface area contributed by atoms with E-state index in [0.29, 0.717) is 0 Å². The molecule has 0 bridgehead atoms. The smallest absolute Gasteiger partial charge is 0.344 e. The van der Waals surface area contributed by atoms with Gasteiger partial charge in [-0.25, -0.2) is 4.79 Å². The average molecular weight is 211 g/mol. The second kappa shape index (κ2) is 2.81. The standard InChI is InChI=1S/C10H13NO4/c1-4(2)6(12)10-7(15-9(10)14)5(3)8(13)11-10/h4-5,7H,1-3H3,(H,11,13)/t5-,7+,10?/m1/s1. The summed E-state index contributed by atoms with van der Waals surface area (Å²) in [6.45, 7) is 5.06. The predicted octanol–water partition coefficient (Wildman–Crippen LogP) is -0.358. The number of rotatable bonds is 2. The maximum atomic E-state index is 11.9. The Morgan fingerprint density at radius 2 is 2.07 bits per heavy atom. The van der Waals surface area contributed by atoms with Crippen molar-refractivity contribution in [1.29, 1.82) is 0 Å². The van der Waals surface area contributed by atoms with Crippen LogP contribution in [0.3, 0.4) is 0 Å². The second-order valence-corrected chi connectivity index (χ2v) is 4.43. The molecule has 2 fully saturated rings. The fraction of sp³-hybridized carbons (Fsp3) is 0.700. The molecule has 0 spiro atoms. The Hall–Kier alpha value is -1.39. The van der Waals surface area contributed by atoms with Crippen molar-refractivity contribution >= 4 is 17.7 Å². The molecule has 2 aliphatic rings. The molecule has 0 aromatic carbocycles. The van der Waals surface area contributed by atoms with E-state index in [1.807, 2.05) is 0 Å². The third-order valence-corrected chi connectivity index (χ3v) is 3.08. The van der Waals surface area contributed by atoms with Crippen molar-refractivity contribution in [3.63, 3.8) is 0 Å². The first-order valence-electron chi connectivity index (χ1n) is 4.98. The van der Waals surface area contributed by atoms with Crippen molar-refractivity contribution in [1.82, 2.24) is 5.32 Å². The Labute approximate surface area is 87.2 Å². The van der Waals surface area contributed by atoms with Gasteiger partial charge in [-0.15, -0.1) is 0 Å². The first-order chi connectivity index (χ1) is 6.91. The highest BCUT2D eigenvalue weighted by Gasteiger charge is 2.71. The van der Waals surface area contributed by atoms with Crippen molar-refractivity contribution in [2.24, 2.45) is 11.8 Å². The summed E-state index contributed by atoms with van der Waals surface area (Å²) in [5.74, 6) is -1.92. The number of carbonyl (C=O) groups excluding carboxylic acids is 3. The van der Waals surface area contributed by atoms with Gasteiger partial charge in [0.2, 0.25) is 11.4 Å². The monoisotopic (exact) mass is 211 g/mol. The van der Waals surface area contributed by atoms with Crippen molar-refractivity contribution < 1.29 is 19.1 Å². The van der Waals surface area contributed by atoms with Crippen LogP contribution >= 0.6 is 0 Å². The molecule has 0 aromatic heterocycles. The molecule has 2 rings (SSSR count). The Bertz CT molecular complexity index is 362. The minimum Gasteiger partial charge on any atom is -0.456 e. The molecule has 5 nitrogen and oxygen atoms in total. The fourth-order valence-electron chi connectivity index (χ4n) is 2.16. The molecule has 2 aliphatic heterocycles. The quantitative estimate of drug-likeness (QED) is 0.500. The van der Waals surface area contributed by atoms with Gasteiger partial charge in [-0.05, 0) is 6.92 Å². The van der Waals surface area contributed by atoms with Gasteiger partial charge in [0, 0.05) is 5.92 Å². The first-order valence-corrected chi connectivity index (χ1v) is 4.98. The molecule has 1 N–H and O–H groups in total. The Balaban J connectivity index is 2.38. The Morgan fingerprint density at radius 3 is 2.47 bits per heavy atom. The van der Waals surface area contributed by atoms with Crippen LogP contribution in [0, 0.1) is 11.8 Å². The summed E-state index contributed by atoms with van der Waals surface area (Å²) in [5.41, 5.74) is -1.38. The SMILES string of the molecule is CC(C)C(=O)C12NC(=O)[C@H](C)[C@@H]1OC2=O. The normalized spacial score (nSPS) is 38.1. The molecule has 2 heterocycles. The van der Waals surface area contributed by atoms with Crippen LogP contribution in [0.2, 0.25) is 0 Å². The Morgan fingerprint density at radius 1 is 1.47 bits per heavy atom. The van der Waals surface area contributed by atoms with Crippen LogP contribution in [0.4, 0.5) is 0 Å². The Kier molecular flexibility index (Phi) is 1.90. The summed E-state index contributed by atoms with van der Waals surface area (Å²) < 4.78 is 4.88. The fourth-order valence-corrected chi connectivity index (χ4v) is 2.16. The van der Waals surface area contributed by atoms with Crippen molar-refractivity contribution in [2.75, 3.05) is 0 Å². The van der Waals surface area contributed by atoms with Gasteiger partial charge in [-0.3, -0.25) is 9.59 Å². The summed E-state index contributed by atoms with van der Waals surface area (Å²) in [4.78, 5) is 34.7. The molecular weight excluding hydrogens is 198 g/mol. The number of nitrogens with one attached hydrogen (secondary N) is 1. The summed E-state index contributed by atoms with van der Waals surface area (Å²) >= 11 is 0. The highest BCUT2D eigenvalue weighted by Crippen LogP contribution is 2.40. The lowest BCUT2D eigenvalue weighted by atomic mass is 9.77. The van der Waals surface area contributed by atoms with E-state index in [2.05, 4.69) is 5.32 Å². The number of hydrogen-bond acceptors (Lipinski definition) is 4. The molecule has 3 atom stereocenters. The van der Waals surface area contributed by atoms with Crippen LogP contribution in [0.15, 0.2) is 0 Å². The van der Waals surface area contributed by atoms with E-state index in [9.17, 15) is 14.4 Å². The van der Waals surface area contributed by atoms with Crippen LogP contribution < -0.4 is 5.32 Å². The number of carbonyl (C=O) groups is 3. The molecular formula is C10H13NO4. The van der Waals surface area contributed by atoms with Crippen LogP contribution in [0.25, 0.3) is 0 Å². The summed E-state index contributed by atoms with van der Waals surface area (Å²) in [6, 6.07) is 0. The number of ether oxygens (including phenoxy) is 1. The number of Topliss-reactive ketones (excluding diaryl/α,β-unsaturated/α-hetero) is 1. The molecule has 1 unspecified atom stereocenters. The van der Waals surface area contributed by atoms with E-state index in [-0.39, 0.29) is 17.6 Å². The predicted molar refractivity (Wildman–Crippen MR) is 49.8 cm³/mol. The second-order valence-electron chi connectivity index (χ2n) is 4.43. The summed E-state index contributed by atoms with van der Waals surface area (Å²) in [6.07, 6.45) is -0.618. The first kappa shape index (κ1) is 10.1. The number of hydrogen-bond donors (Lipinski definition) is 1. The maximum Gasteiger partial charge on any atom is 0.344 e. The van der Waals surface area contributed by atoms with Crippen LogP contribution in [0.5, 0.6) is 0 Å². The highest BCUT2D eigenvalue weighted by molar-refractivity contribution is 6.18. The molecule has 0 saturated carbocycles. The van der Waals surface area contributed by atoms with E-state index in [1.165, 1.54) is 0 Å². The third-order valence-electron chi connectivity index (χ3n) is 3.08.